The van der Waals surface area contributed by atoms with Crippen molar-refractivity contribution in [2.24, 2.45) is 0 Å². The van der Waals surface area contributed by atoms with Crippen molar-refractivity contribution in [3.05, 3.63) is 0 Å². The molecule has 0 aromatic rings. The minimum atomic E-state index is -0.502. The molecule has 0 rings (SSSR count). The molecular weight excluding hydrogens is 228 g/mol. The number of hydrogen-bond donors (Lipinski definition) is 0. The largest absolute Gasteiger partial charge is 0.460 e. The summed E-state index contributed by atoms with van der Waals surface area (Å²) in [5.41, 5.74) is -0.502. The Balaban J connectivity index is 3.56. The molecule has 3 heteroatoms. The molecule has 0 aliphatic rings. The van der Waals surface area contributed by atoms with Gasteiger partial charge in [0.1, 0.15) is 17.8 Å². The fourth-order valence-electron chi connectivity index (χ4n) is 1.73. The lowest BCUT2D eigenvalue weighted by atomic mass is 10.1. The lowest BCUT2D eigenvalue weighted by Crippen LogP contribution is -2.25. The molecule has 0 atom stereocenters. The quantitative estimate of drug-likeness (QED) is 0.355. The predicted molar refractivity (Wildman–Crippen MR) is 73.5 cm³/mol. The van der Waals surface area contributed by atoms with Gasteiger partial charge in [0.15, 0.2) is 0 Å². The van der Waals surface area contributed by atoms with E-state index in [0.717, 1.165) is 12.8 Å². The van der Waals surface area contributed by atoms with Crippen LogP contribution in [-0.4, -0.2) is 17.4 Å². The second-order valence-corrected chi connectivity index (χ2v) is 5.82. The minimum Gasteiger partial charge on any atom is -0.460 e. The van der Waals surface area contributed by atoms with E-state index in [1.54, 1.807) is 0 Å². The molecule has 106 valence electrons. The SMILES string of the molecule is CCCCCCCCC(=O)CC(=O)OC(C)(C)C. The highest BCUT2D eigenvalue weighted by atomic mass is 16.6. The van der Waals surface area contributed by atoms with Gasteiger partial charge in [-0.25, -0.2) is 0 Å². The zero-order valence-corrected chi connectivity index (χ0v) is 12.4. The van der Waals surface area contributed by atoms with Crippen LogP contribution in [0.2, 0.25) is 0 Å². The second kappa shape index (κ2) is 9.12. The Labute approximate surface area is 111 Å². The van der Waals surface area contributed by atoms with Crippen LogP contribution in [0.15, 0.2) is 0 Å². The summed E-state index contributed by atoms with van der Waals surface area (Å²) in [5.74, 6) is -0.404. The highest BCUT2D eigenvalue weighted by Gasteiger charge is 2.18. The second-order valence-electron chi connectivity index (χ2n) is 5.82. The molecule has 18 heavy (non-hydrogen) atoms. The normalized spacial score (nSPS) is 11.3. The van der Waals surface area contributed by atoms with Crippen molar-refractivity contribution in [1.29, 1.82) is 0 Å². The molecule has 0 N–H and O–H groups in total. The average Bonchev–Trinajstić information content (AvgIpc) is 2.20. The van der Waals surface area contributed by atoms with Gasteiger partial charge in [0, 0.05) is 6.42 Å². The summed E-state index contributed by atoms with van der Waals surface area (Å²) in [5, 5.41) is 0. The standard InChI is InChI=1S/C15H28O3/c1-5-6-7-8-9-10-11-13(16)12-14(17)18-15(2,3)4/h5-12H2,1-4H3. The smallest absolute Gasteiger partial charge is 0.313 e. The lowest BCUT2D eigenvalue weighted by Gasteiger charge is -2.19. The van der Waals surface area contributed by atoms with Gasteiger partial charge in [-0.1, -0.05) is 39.0 Å². The van der Waals surface area contributed by atoms with Gasteiger partial charge < -0.3 is 4.74 Å². The highest BCUT2D eigenvalue weighted by Crippen LogP contribution is 2.11. The number of Topliss-reactive ketones (excluding diaryl/α,β-unsaturated/α-hetero) is 1. The van der Waals surface area contributed by atoms with E-state index in [1.807, 2.05) is 20.8 Å². The zero-order chi connectivity index (χ0) is 14.0. The van der Waals surface area contributed by atoms with Crippen LogP contribution in [0.1, 0.15) is 79.1 Å². The maximum atomic E-state index is 11.5. The van der Waals surface area contributed by atoms with E-state index in [9.17, 15) is 9.59 Å². The van der Waals surface area contributed by atoms with Crippen LogP contribution in [-0.2, 0) is 14.3 Å². The molecule has 0 amide bonds. The third-order valence-corrected chi connectivity index (χ3v) is 2.57. The van der Waals surface area contributed by atoms with Crippen LogP contribution < -0.4 is 0 Å². The summed E-state index contributed by atoms with van der Waals surface area (Å²) in [6, 6.07) is 0. The third-order valence-electron chi connectivity index (χ3n) is 2.57. The number of carbonyl (C=O) groups is 2. The molecule has 0 saturated heterocycles. The molecule has 0 aromatic heterocycles. The fraction of sp³-hybridized carbons (Fsp3) is 0.867. The summed E-state index contributed by atoms with van der Waals surface area (Å²) >= 11 is 0. The van der Waals surface area contributed by atoms with E-state index in [1.165, 1.54) is 25.7 Å². The first-order valence-electron chi connectivity index (χ1n) is 7.08. The van der Waals surface area contributed by atoms with E-state index in [-0.39, 0.29) is 12.2 Å². The summed E-state index contributed by atoms with van der Waals surface area (Å²) in [7, 11) is 0. The first kappa shape index (κ1) is 17.1. The molecule has 0 aliphatic carbocycles. The van der Waals surface area contributed by atoms with Crippen molar-refractivity contribution >= 4 is 11.8 Å². The maximum absolute atomic E-state index is 11.5. The van der Waals surface area contributed by atoms with Crippen molar-refractivity contribution < 1.29 is 14.3 Å². The van der Waals surface area contributed by atoms with E-state index in [2.05, 4.69) is 6.92 Å². The van der Waals surface area contributed by atoms with Crippen LogP contribution in [0.4, 0.5) is 0 Å². The third kappa shape index (κ3) is 11.6. The topological polar surface area (TPSA) is 43.4 Å². The number of unbranched alkanes of at least 4 members (excludes halogenated alkanes) is 5. The van der Waals surface area contributed by atoms with E-state index in [4.69, 9.17) is 4.74 Å². The first-order chi connectivity index (χ1) is 8.35. The molecule has 3 nitrogen and oxygen atoms in total. The zero-order valence-electron chi connectivity index (χ0n) is 12.4. The van der Waals surface area contributed by atoms with E-state index < -0.39 is 11.6 Å². The molecule has 0 aromatic carbocycles. The highest BCUT2D eigenvalue weighted by molar-refractivity contribution is 5.95. The molecule has 0 aliphatic heterocycles. The average molecular weight is 256 g/mol. The Morgan fingerprint density at radius 1 is 0.944 bits per heavy atom. The lowest BCUT2D eigenvalue weighted by molar-refractivity contribution is -0.156. The van der Waals surface area contributed by atoms with Crippen molar-refractivity contribution in [3.63, 3.8) is 0 Å². The van der Waals surface area contributed by atoms with Gasteiger partial charge in [0.2, 0.25) is 0 Å². The Morgan fingerprint density at radius 2 is 1.50 bits per heavy atom. The predicted octanol–water partition coefficient (Wildman–Crippen LogP) is 4.04. The van der Waals surface area contributed by atoms with Crippen molar-refractivity contribution in [3.8, 4) is 0 Å². The van der Waals surface area contributed by atoms with Crippen molar-refractivity contribution in [2.45, 2.75) is 84.7 Å². The summed E-state index contributed by atoms with van der Waals surface area (Å²) < 4.78 is 5.11. The van der Waals surface area contributed by atoms with Crippen LogP contribution >= 0.6 is 0 Å². The number of carbonyl (C=O) groups excluding carboxylic acids is 2. The monoisotopic (exact) mass is 256 g/mol. The molecule has 0 saturated carbocycles. The summed E-state index contributed by atoms with van der Waals surface area (Å²) in [4.78, 5) is 22.9. The van der Waals surface area contributed by atoms with Gasteiger partial charge in [-0.2, -0.15) is 0 Å². The molecular formula is C15H28O3. The van der Waals surface area contributed by atoms with Crippen LogP contribution in [0.5, 0.6) is 0 Å². The number of hydrogen-bond acceptors (Lipinski definition) is 3. The number of esters is 1. The number of rotatable bonds is 9. The molecule has 0 spiro atoms. The molecule has 0 bridgehead atoms. The molecule has 0 radical (unpaired) electrons. The van der Waals surface area contributed by atoms with Crippen molar-refractivity contribution in [1.82, 2.24) is 0 Å². The van der Waals surface area contributed by atoms with Gasteiger partial charge in [-0.05, 0) is 27.2 Å². The van der Waals surface area contributed by atoms with Gasteiger partial charge in [0.25, 0.3) is 0 Å². The summed E-state index contributed by atoms with van der Waals surface area (Å²) in [6.07, 6.45) is 7.34. The Bertz CT molecular complexity index is 251. The van der Waals surface area contributed by atoms with Crippen LogP contribution in [0.25, 0.3) is 0 Å². The Kier molecular flexibility index (Phi) is 8.69. The van der Waals surface area contributed by atoms with Crippen molar-refractivity contribution in [2.75, 3.05) is 0 Å². The van der Waals surface area contributed by atoms with E-state index in [0.29, 0.717) is 6.42 Å². The number of ether oxygens (including phenoxy) is 1. The van der Waals surface area contributed by atoms with Gasteiger partial charge >= 0.3 is 5.97 Å². The Hall–Kier alpha value is -0.860. The van der Waals surface area contributed by atoms with Crippen LogP contribution in [0.3, 0.4) is 0 Å². The van der Waals surface area contributed by atoms with Gasteiger partial charge in [-0.15, -0.1) is 0 Å². The maximum Gasteiger partial charge on any atom is 0.313 e. The minimum absolute atomic E-state index is 0.000239. The van der Waals surface area contributed by atoms with E-state index >= 15 is 0 Å². The molecule has 0 fully saturated rings. The fourth-order valence-corrected chi connectivity index (χ4v) is 1.73. The first-order valence-corrected chi connectivity index (χ1v) is 7.08. The van der Waals surface area contributed by atoms with Crippen LogP contribution in [0, 0.1) is 0 Å². The Morgan fingerprint density at radius 3 is 2.06 bits per heavy atom. The number of ketones is 1. The molecule has 0 unspecified atom stereocenters. The van der Waals surface area contributed by atoms with Gasteiger partial charge in [-0.3, -0.25) is 9.59 Å². The molecule has 0 heterocycles. The summed E-state index contributed by atoms with van der Waals surface area (Å²) in [6.45, 7) is 7.61. The van der Waals surface area contributed by atoms with Gasteiger partial charge in [0.05, 0.1) is 0 Å².